The molecule has 1 aromatic rings. The molecule has 0 saturated heterocycles. The molecule has 2 nitrogen and oxygen atoms in total. The van der Waals surface area contributed by atoms with E-state index in [9.17, 15) is 0 Å². The van der Waals surface area contributed by atoms with Gasteiger partial charge in [-0.1, -0.05) is 6.92 Å². The van der Waals surface area contributed by atoms with Crippen molar-refractivity contribution in [3.8, 4) is 0 Å². The molecule has 0 bridgehead atoms. The number of hydrogen-bond acceptors (Lipinski definition) is 1. The van der Waals surface area contributed by atoms with Crippen LogP contribution in [0.4, 0.5) is 0 Å². The van der Waals surface area contributed by atoms with Crippen molar-refractivity contribution in [2.75, 3.05) is 13.2 Å². The maximum absolute atomic E-state index is 5.34. The van der Waals surface area contributed by atoms with Crippen molar-refractivity contribution in [1.29, 1.82) is 0 Å². The van der Waals surface area contributed by atoms with Crippen molar-refractivity contribution >= 4 is 0 Å². The van der Waals surface area contributed by atoms with E-state index in [1.807, 2.05) is 12.3 Å². The van der Waals surface area contributed by atoms with E-state index in [0.29, 0.717) is 0 Å². The number of ether oxygens (including phenoxy) is 1. The summed E-state index contributed by atoms with van der Waals surface area (Å²) < 4.78 is 5.34. The Kier molecular flexibility index (Phi) is 3.76. The molecule has 0 amide bonds. The maximum atomic E-state index is 5.34. The third kappa shape index (κ3) is 3.23. The van der Waals surface area contributed by atoms with E-state index in [0.717, 1.165) is 26.1 Å². The van der Waals surface area contributed by atoms with E-state index in [1.54, 1.807) is 0 Å². The molecule has 0 unspecified atom stereocenters. The van der Waals surface area contributed by atoms with Crippen LogP contribution in [0.3, 0.4) is 0 Å². The molecule has 1 aromatic heterocycles. The molecule has 1 N–H and O–H groups in total. The summed E-state index contributed by atoms with van der Waals surface area (Å²) in [6.07, 6.45) is 4.03. The average molecular weight is 153 g/mol. The van der Waals surface area contributed by atoms with Crippen molar-refractivity contribution in [2.24, 2.45) is 0 Å². The van der Waals surface area contributed by atoms with Crippen molar-refractivity contribution in [3.63, 3.8) is 0 Å². The Labute approximate surface area is 67.6 Å². The molecule has 0 spiro atoms. The van der Waals surface area contributed by atoms with Crippen LogP contribution in [0.15, 0.2) is 18.3 Å². The van der Waals surface area contributed by atoms with Crippen LogP contribution in [0.25, 0.3) is 0 Å². The molecule has 0 saturated carbocycles. The van der Waals surface area contributed by atoms with Gasteiger partial charge in [0.2, 0.25) is 0 Å². The van der Waals surface area contributed by atoms with Crippen molar-refractivity contribution in [3.05, 3.63) is 24.0 Å². The van der Waals surface area contributed by atoms with E-state index >= 15 is 0 Å². The number of aromatic amines is 1. The zero-order chi connectivity index (χ0) is 7.94. The fourth-order valence-corrected chi connectivity index (χ4v) is 0.952. The van der Waals surface area contributed by atoms with Gasteiger partial charge in [-0.2, -0.15) is 0 Å². The minimum Gasteiger partial charge on any atom is -0.381 e. The third-order valence-electron chi connectivity index (χ3n) is 1.53. The van der Waals surface area contributed by atoms with Gasteiger partial charge in [0.15, 0.2) is 0 Å². The Morgan fingerprint density at radius 2 is 2.36 bits per heavy atom. The number of nitrogens with one attached hydrogen (secondary N) is 1. The average Bonchev–Trinajstić information content (AvgIpc) is 2.50. The second kappa shape index (κ2) is 4.97. The molecule has 1 rings (SSSR count). The topological polar surface area (TPSA) is 25.0 Å². The highest BCUT2D eigenvalue weighted by Crippen LogP contribution is 1.95. The van der Waals surface area contributed by atoms with Crippen molar-refractivity contribution < 1.29 is 4.74 Å². The zero-order valence-corrected chi connectivity index (χ0v) is 6.97. The molecule has 1 heterocycles. The Bertz CT molecular complexity index is 170. The Morgan fingerprint density at radius 3 is 3.00 bits per heavy atom. The van der Waals surface area contributed by atoms with Gasteiger partial charge in [0.1, 0.15) is 0 Å². The van der Waals surface area contributed by atoms with Crippen LogP contribution in [0.2, 0.25) is 0 Å². The van der Waals surface area contributed by atoms with E-state index in [2.05, 4.69) is 18.0 Å². The van der Waals surface area contributed by atoms with Crippen LogP contribution in [0.5, 0.6) is 0 Å². The predicted octanol–water partition coefficient (Wildman–Crippen LogP) is 1.98. The third-order valence-corrected chi connectivity index (χ3v) is 1.53. The van der Waals surface area contributed by atoms with Gasteiger partial charge in [-0.15, -0.1) is 0 Å². The summed E-state index contributed by atoms with van der Waals surface area (Å²) in [4.78, 5) is 3.13. The Morgan fingerprint density at radius 1 is 1.45 bits per heavy atom. The highest BCUT2D eigenvalue weighted by atomic mass is 16.5. The highest BCUT2D eigenvalue weighted by Gasteiger charge is 1.91. The fourth-order valence-electron chi connectivity index (χ4n) is 0.952. The molecular formula is C9H15NO. The normalized spacial score (nSPS) is 10.3. The number of hydrogen-bond donors (Lipinski definition) is 1. The van der Waals surface area contributed by atoms with Crippen LogP contribution in [0.1, 0.15) is 19.0 Å². The van der Waals surface area contributed by atoms with Gasteiger partial charge in [-0.3, -0.25) is 0 Å². The fraction of sp³-hybridized carbons (Fsp3) is 0.556. The van der Waals surface area contributed by atoms with Gasteiger partial charge in [-0.05, 0) is 18.6 Å². The van der Waals surface area contributed by atoms with Crippen LogP contribution in [-0.4, -0.2) is 18.2 Å². The van der Waals surface area contributed by atoms with Gasteiger partial charge in [0.25, 0.3) is 0 Å². The number of rotatable bonds is 5. The van der Waals surface area contributed by atoms with E-state index in [1.165, 1.54) is 5.69 Å². The first-order chi connectivity index (χ1) is 5.43. The summed E-state index contributed by atoms with van der Waals surface area (Å²) in [5.74, 6) is 0. The van der Waals surface area contributed by atoms with E-state index < -0.39 is 0 Å². The molecule has 2 heteroatoms. The lowest BCUT2D eigenvalue weighted by atomic mass is 10.3. The lowest BCUT2D eigenvalue weighted by Crippen LogP contribution is -1.99. The van der Waals surface area contributed by atoms with Crippen molar-refractivity contribution in [1.82, 2.24) is 4.98 Å². The predicted molar refractivity (Wildman–Crippen MR) is 45.6 cm³/mol. The van der Waals surface area contributed by atoms with Gasteiger partial charge in [0, 0.05) is 24.9 Å². The van der Waals surface area contributed by atoms with Gasteiger partial charge >= 0.3 is 0 Å². The first-order valence-corrected chi connectivity index (χ1v) is 4.13. The number of H-pyrrole nitrogens is 1. The van der Waals surface area contributed by atoms with Gasteiger partial charge < -0.3 is 9.72 Å². The summed E-state index contributed by atoms with van der Waals surface area (Å²) in [5, 5.41) is 0. The minimum atomic E-state index is 0.828. The summed E-state index contributed by atoms with van der Waals surface area (Å²) in [6, 6.07) is 4.09. The largest absolute Gasteiger partial charge is 0.381 e. The smallest absolute Gasteiger partial charge is 0.0520 e. The highest BCUT2D eigenvalue weighted by molar-refractivity contribution is 5.03. The lowest BCUT2D eigenvalue weighted by Gasteiger charge is -1.99. The summed E-state index contributed by atoms with van der Waals surface area (Å²) in [6.45, 7) is 3.82. The van der Waals surface area contributed by atoms with Crippen LogP contribution in [0, 0.1) is 0 Å². The lowest BCUT2D eigenvalue weighted by molar-refractivity contribution is 0.137. The molecule has 0 fully saturated rings. The summed E-state index contributed by atoms with van der Waals surface area (Å²) in [7, 11) is 0. The summed E-state index contributed by atoms with van der Waals surface area (Å²) >= 11 is 0. The van der Waals surface area contributed by atoms with Crippen LogP contribution >= 0.6 is 0 Å². The Balaban J connectivity index is 2.04. The molecule has 62 valence electrons. The first kappa shape index (κ1) is 8.34. The second-order valence-electron chi connectivity index (χ2n) is 2.56. The van der Waals surface area contributed by atoms with Crippen LogP contribution in [-0.2, 0) is 11.2 Å². The molecule has 0 aliphatic carbocycles. The number of aromatic nitrogens is 1. The quantitative estimate of drug-likeness (QED) is 0.643. The van der Waals surface area contributed by atoms with Gasteiger partial charge in [-0.25, -0.2) is 0 Å². The van der Waals surface area contributed by atoms with Crippen molar-refractivity contribution in [2.45, 2.75) is 19.8 Å². The molecule has 0 aromatic carbocycles. The maximum Gasteiger partial charge on any atom is 0.0520 e. The molecule has 0 aliphatic rings. The summed E-state index contributed by atoms with van der Waals surface area (Å²) in [5.41, 5.74) is 1.25. The van der Waals surface area contributed by atoms with E-state index in [4.69, 9.17) is 4.74 Å². The SMILES string of the molecule is CCCOCCc1ccc[nH]1. The first-order valence-electron chi connectivity index (χ1n) is 4.13. The molecule has 0 radical (unpaired) electrons. The molecule has 11 heavy (non-hydrogen) atoms. The standard InChI is InChI=1S/C9H15NO/c1-2-7-11-8-5-9-4-3-6-10-9/h3-4,6,10H,2,5,7-8H2,1H3. The Hall–Kier alpha value is -0.760. The molecule has 0 atom stereocenters. The van der Waals surface area contributed by atoms with Crippen LogP contribution < -0.4 is 0 Å². The molecule has 0 aliphatic heterocycles. The zero-order valence-electron chi connectivity index (χ0n) is 6.97. The van der Waals surface area contributed by atoms with E-state index in [-0.39, 0.29) is 0 Å². The molecular weight excluding hydrogens is 138 g/mol. The minimum absolute atomic E-state index is 0.828. The monoisotopic (exact) mass is 153 g/mol. The second-order valence-corrected chi connectivity index (χ2v) is 2.56. The van der Waals surface area contributed by atoms with Gasteiger partial charge in [0.05, 0.1) is 6.61 Å².